The van der Waals surface area contributed by atoms with Gasteiger partial charge in [-0.25, -0.2) is 14.8 Å². The Balaban J connectivity index is 1.79. The van der Waals surface area contributed by atoms with E-state index >= 15 is 0 Å². The Morgan fingerprint density at radius 2 is 2.00 bits per heavy atom. The lowest BCUT2D eigenvalue weighted by atomic mass is 10.1. The zero-order chi connectivity index (χ0) is 21.9. The highest BCUT2D eigenvalue weighted by Gasteiger charge is 2.30. The number of carbonyl (C=O) groups is 1. The van der Waals surface area contributed by atoms with Crippen LogP contribution in [0.15, 0.2) is 18.3 Å². The molecule has 0 saturated heterocycles. The molecule has 0 aliphatic heterocycles. The average molecular weight is 411 g/mol. The molecule has 1 aliphatic carbocycles. The zero-order valence-corrected chi connectivity index (χ0v) is 18.2. The van der Waals surface area contributed by atoms with Crippen molar-refractivity contribution in [3.8, 4) is 6.07 Å². The Bertz CT molecular complexity index is 960. The van der Waals surface area contributed by atoms with E-state index < -0.39 is 11.7 Å². The monoisotopic (exact) mass is 410 g/mol. The molecule has 1 amide bonds. The molecule has 2 aromatic rings. The first kappa shape index (κ1) is 21.6. The van der Waals surface area contributed by atoms with E-state index in [1.807, 2.05) is 40.7 Å². The standard InChI is InChI=1S/C22H30N6O2/c1-13(2)25-20-16-10-19(24-12-14(16)9-15(11-23)26-20)27-17-7-6-8-18(17)28-21(29)30-22(3,4)5/h9-10,12-13,17-18H,6-8H2,1-5H3,(H,24,27)(H,25,26)(H,28,29)/t17-,18+/m1/s1. The smallest absolute Gasteiger partial charge is 0.407 e. The quantitative estimate of drug-likeness (QED) is 0.678. The first-order chi connectivity index (χ1) is 14.1. The highest BCUT2D eigenvalue weighted by Crippen LogP contribution is 2.28. The molecular formula is C22H30N6O2. The number of carbonyl (C=O) groups excluding carboxylic acids is 1. The van der Waals surface area contributed by atoms with Crippen molar-refractivity contribution in [1.82, 2.24) is 15.3 Å². The molecule has 0 radical (unpaired) electrons. The van der Waals surface area contributed by atoms with E-state index in [1.54, 1.807) is 12.3 Å². The fourth-order valence-electron chi connectivity index (χ4n) is 3.62. The van der Waals surface area contributed by atoms with Crippen molar-refractivity contribution in [1.29, 1.82) is 5.26 Å². The first-order valence-corrected chi connectivity index (χ1v) is 10.4. The van der Waals surface area contributed by atoms with Crippen molar-refractivity contribution in [3.63, 3.8) is 0 Å². The van der Waals surface area contributed by atoms with E-state index in [0.717, 1.165) is 30.0 Å². The maximum Gasteiger partial charge on any atom is 0.407 e. The number of pyridine rings is 2. The van der Waals surface area contributed by atoms with E-state index in [2.05, 4.69) is 32.0 Å². The van der Waals surface area contributed by atoms with Gasteiger partial charge in [-0.3, -0.25) is 0 Å². The topological polar surface area (TPSA) is 112 Å². The van der Waals surface area contributed by atoms with Crippen molar-refractivity contribution in [2.24, 2.45) is 0 Å². The Kier molecular flexibility index (Phi) is 6.30. The number of fused-ring (bicyclic) bond motifs is 1. The Hall–Kier alpha value is -3.08. The number of hydrogen-bond acceptors (Lipinski definition) is 7. The van der Waals surface area contributed by atoms with Gasteiger partial charge in [0, 0.05) is 29.1 Å². The molecule has 3 N–H and O–H groups in total. The highest BCUT2D eigenvalue weighted by atomic mass is 16.6. The maximum atomic E-state index is 12.2. The molecule has 8 nitrogen and oxygen atoms in total. The molecule has 2 atom stereocenters. The van der Waals surface area contributed by atoms with Crippen LogP contribution in [0.25, 0.3) is 10.8 Å². The lowest BCUT2D eigenvalue weighted by Gasteiger charge is -2.25. The van der Waals surface area contributed by atoms with Crippen molar-refractivity contribution >= 4 is 28.5 Å². The zero-order valence-electron chi connectivity index (χ0n) is 18.2. The van der Waals surface area contributed by atoms with Crippen LogP contribution < -0.4 is 16.0 Å². The molecule has 2 aromatic heterocycles. The fraction of sp³-hybridized carbons (Fsp3) is 0.545. The van der Waals surface area contributed by atoms with Crippen LogP contribution in [0.4, 0.5) is 16.4 Å². The van der Waals surface area contributed by atoms with Crippen molar-refractivity contribution < 1.29 is 9.53 Å². The van der Waals surface area contributed by atoms with Crippen molar-refractivity contribution in [2.45, 2.75) is 77.6 Å². The molecule has 1 saturated carbocycles. The van der Waals surface area contributed by atoms with E-state index in [4.69, 9.17) is 4.74 Å². The summed E-state index contributed by atoms with van der Waals surface area (Å²) in [5, 5.41) is 20.8. The van der Waals surface area contributed by atoms with Gasteiger partial charge in [-0.2, -0.15) is 5.26 Å². The largest absolute Gasteiger partial charge is 0.444 e. The van der Waals surface area contributed by atoms with Gasteiger partial charge < -0.3 is 20.7 Å². The van der Waals surface area contributed by atoms with Crippen LogP contribution in [0.1, 0.15) is 59.6 Å². The lowest BCUT2D eigenvalue weighted by molar-refractivity contribution is 0.0503. The Morgan fingerprint density at radius 1 is 1.27 bits per heavy atom. The molecule has 3 rings (SSSR count). The van der Waals surface area contributed by atoms with Gasteiger partial charge in [-0.1, -0.05) is 0 Å². The van der Waals surface area contributed by atoms with Gasteiger partial charge in [0.1, 0.15) is 29.0 Å². The predicted octanol–water partition coefficient (Wildman–Crippen LogP) is 4.18. The summed E-state index contributed by atoms with van der Waals surface area (Å²) >= 11 is 0. The number of ether oxygens (including phenoxy) is 1. The Labute approximate surface area is 177 Å². The SMILES string of the molecule is CC(C)Nc1nc(C#N)cc2cnc(N[C@@H]3CCC[C@@H]3NC(=O)OC(C)(C)C)cc12. The number of nitrogens with one attached hydrogen (secondary N) is 3. The van der Waals surface area contributed by atoms with Gasteiger partial charge in [0.15, 0.2) is 0 Å². The van der Waals surface area contributed by atoms with Crippen LogP contribution in [0.2, 0.25) is 0 Å². The van der Waals surface area contributed by atoms with Crippen LogP contribution >= 0.6 is 0 Å². The van der Waals surface area contributed by atoms with Gasteiger partial charge in [0.05, 0.1) is 6.04 Å². The maximum absolute atomic E-state index is 12.2. The second-order valence-corrected chi connectivity index (χ2v) is 8.99. The molecule has 1 aliphatic rings. The van der Waals surface area contributed by atoms with E-state index in [1.165, 1.54) is 0 Å². The molecular weight excluding hydrogens is 380 g/mol. The minimum Gasteiger partial charge on any atom is -0.444 e. The van der Waals surface area contributed by atoms with E-state index in [0.29, 0.717) is 17.3 Å². The van der Waals surface area contributed by atoms with E-state index in [-0.39, 0.29) is 18.1 Å². The number of nitrogens with zero attached hydrogens (tertiary/aromatic N) is 3. The number of nitriles is 1. The molecule has 0 aromatic carbocycles. The molecule has 0 spiro atoms. The number of hydrogen-bond donors (Lipinski definition) is 3. The predicted molar refractivity (Wildman–Crippen MR) is 117 cm³/mol. The summed E-state index contributed by atoms with van der Waals surface area (Å²) in [7, 11) is 0. The third-order valence-electron chi connectivity index (χ3n) is 4.81. The summed E-state index contributed by atoms with van der Waals surface area (Å²) in [5.74, 6) is 1.38. The molecule has 8 heteroatoms. The van der Waals surface area contributed by atoms with E-state index in [9.17, 15) is 10.1 Å². The van der Waals surface area contributed by atoms with Gasteiger partial charge in [0.2, 0.25) is 0 Å². The Morgan fingerprint density at radius 3 is 2.67 bits per heavy atom. The van der Waals surface area contributed by atoms with Gasteiger partial charge in [-0.15, -0.1) is 0 Å². The molecule has 30 heavy (non-hydrogen) atoms. The summed E-state index contributed by atoms with van der Waals surface area (Å²) in [6.07, 6.45) is 4.18. The lowest BCUT2D eigenvalue weighted by Crippen LogP contribution is -2.45. The third-order valence-corrected chi connectivity index (χ3v) is 4.81. The van der Waals surface area contributed by atoms with Crippen LogP contribution in [-0.2, 0) is 4.74 Å². The summed E-state index contributed by atoms with van der Waals surface area (Å²) < 4.78 is 5.39. The molecule has 0 unspecified atom stereocenters. The van der Waals surface area contributed by atoms with Crippen molar-refractivity contribution in [3.05, 3.63) is 24.0 Å². The summed E-state index contributed by atoms with van der Waals surface area (Å²) in [6.45, 7) is 9.61. The van der Waals surface area contributed by atoms with Gasteiger partial charge in [-0.05, 0) is 66.0 Å². The van der Waals surface area contributed by atoms with Crippen LogP contribution in [0, 0.1) is 11.3 Å². The minimum atomic E-state index is -0.527. The molecule has 1 fully saturated rings. The number of rotatable bonds is 5. The average Bonchev–Trinajstić information content (AvgIpc) is 3.06. The molecule has 160 valence electrons. The minimum absolute atomic E-state index is 0.0234. The first-order valence-electron chi connectivity index (χ1n) is 10.4. The molecule has 2 heterocycles. The number of anilines is 2. The normalized spacial score (nSPS) is 18.8. The second-order valence-electron chi connectivity index (χ2n) is 8.99. The van der Waals surface area contributed by atoms with Crippen LogP contribution in [-0.4, -0.2) is 39.8 Å². The number of amides is 1. The van der Waals surface area contributed by atoms with Crippen molar-refractivity contribution in [2.75, 3.05) is 10.6 Å². The highest BCUT2D eigenvalue weighted by molar-refractivity contribution is 5.93. The fourth-order valence-corrected chi connectivity index (χ4v) is 3.62. The third kappa shape index (κ3) is 5.50. The van der Waals surface area contributed by atoms with Crippen LogP contribution in [0.5, 0.6) is 0 Å². The molecule has 0 bridgehead atoms. The van der Waals surface area contributed by atoms with Crippen LogP contribution in [0.3, 0.4) is 0 Å². The van der Waals surface area contributed by atoms with Gasteiger partial charge in [0.25, 0.3) is 0 Å². The van der Waals surface area contributed by atoms with Gasteiger partial charge >= 0.3 is 6.09 Å². The summed E-state index contributed by atoms with van der Waals surface area (Å²) in [5.41, 5.74) is -0.175. The number of aromatic nitrogens is 2. The summed E-state index contributed by atoms with van der Waals surface area (Å²) in [6, 6.07) is 6.00. The number of alkyl carbamates (subject to hydrolysis) is 1. The second kappa shape index (κ2) is 8.74. The summed E-state index contributed by atoms with van der Waals surface area (Å²) in [4.78, 5) is 21.1.